The van der Waals surface area contributed by atoms with E-state index < -0.39 is 20.2 Å². The van der Waals surface area contributed by atoms with Crippen LogP contribution in [0.4, 0.5) is 0 Å². The standard InChI is InChI=1S/C37H48NO6P/c1-9-11-26-43-45(38(29(3)4)30(5)6)44-28-36(41-25-10-2)27-42-37(31-15-13-12-14-16-31,32-17-21-34(39-7)22-18-32)33-19-23-35(40-8)24-20-33/h2,9,12-24,29-30,36H,1,11,25-28H2,3-8H3. The Morgan fingerprint density at radius 2 is 1.33 bits per heavy atom. The normalized spacial score (nSPS) is 13.1. The van der Waals surface area contributed by atoms with E-state index in [1.807, 2.05) is 72.8 Å². The Hall–Kier alpha value is -3.21. The fraction of sp³-hybridized carbons (Fsp3) is 0.405. The third-order valence-electron chi connectivity index (χ3n) is 7.20. The summed E-state index contributed by atoms with van der Waals surface area (Å²) in [6.07, 6.45) is 7.73. The molecule has 0 fully saturated rings. The Bertz CT molecular complexity index is 1250. The summed E-state index contributed by atoms with van der Waals surface area (Å²) in [5, 5.41) is 0. The predicted molar refractivity (Wildman–Crippen MR) is 183 cm³/mol. The largest absolute Gasteiger partial charge is 0.497 e. The van der Waals surface area contributed by atoms with Crippen LogP contribution in [0.3, 0.4) is 0 Å². The topological polar surface area (TPSA) is 58.6 Å². The first-order chi connectivity index (χ1) is 21.8. The quantitative estimate of drug-likeness (QED) is 0.0411. The lowest BCUT2D eigenvalue weighted by atomic mass is 9.80. The van der Waals surface area contributed by atoms with Gasteiger partial charge in [-0.15, -0.1) is 13.0 Å². The molecule has 0 bridgehead atoms. The van der Waals surface area contributed by atoms with Crippen molar-refractivity contribution in [2.24, 2.45) is 0 Å². The zero-order chi connectivity index (χ0) is 32.7. The smallest absolute Gasteiger partial charge is 0.259 e. The fourth-order valence-corrected chi connectivity index (χ4v) is 6.76. The molecule has 3 aromatic carbocycles. The highest BCUT2D eigenvalue weighted by Gasteiger charge is 2.39. The Kier molecular flexibility index (Phi) is 15.1. The van der Waals surface area contributed by atoms with Gasteiger partial charge in [-0.2, -0.15) is 0 Å². The average molecular weight is 634 g/mol. The molecular weight excluding hydrogens is 585 g/mol. The number of methoxy groups -OCH3 is 2. The summed E-state index contributed by atoms with van der Waals surface area (Å²) in [5.41, 5.74) is 1.82. The van der Waals surface area contributed by atoms with E-state index in [-0.39, 0.29) is 31.9 Å². The molecule has 0 spiro atoms. The molecule has 0 aliphatic heterocycles. The molecule has 45 heavy (non-hydrogen) atoms. The summed E-state index contributed by atoms with van der Waals surface area (Å²) >= 11 is 0. The molecule has 3 rings (SSSR count). The van der Waals surface area contributed by atoms with Crippen LogP contribution in [-0.2, 0) is 24.1 Å². The van der Waals surface area contributed by atoms with Crippen molar-refractivity contribution >= 4 is 8.53 Å². The lowest BCUT2D eigenvalue weighted by Gasteiger charge is -2.38. The van der Waals surface area contributed by atoms with Gasteiger partial charge in [-0.1, -0.05) is 66.6 Å². The van der Waals surface area contributed by atoms with Crippen molar-refractivity contribution in [2.45, 2.75) is 57.9 Å². The van der Waals surface area contributed by atoms with Gasteiger partial charge in [0.25, 0.3) is 8.53 Å². The molecule has 0 heterocycles. The first-order valence-corrected chi connectivity index (χ1v) is 16.4. The Labute approximate surface area is 271 Å². The van der Waals surface area contributed by atoms with Gasteiger partial charge < -0.3 is 28.0 Å². The Balaban J connectivity index is 2.02. The van der Waals surface area contributed by atoms with Crippen molar-refractivity contribution in [1.82, 2.24) is 4.67 Å². The van der Waals surface area contributed by atoms with E-state index in [2.05, 4.69) is 57.0 Å². The number of hydrogen-bond donors (Lipinski definition) is 0. The van der Waals surface area contributed by atoms with Gasteiger partial charge >= 0.3 is 0 Å². The van der Waals surface area contributed by atoms with Gasteiger partial charge in [0.2, 0.25) is 0 Å². The fourth-order valence-electron chi connectivity index (χ4n) is 5.11. The first kappa shape index (κ1) is 36.3. The van der Waals surface area contributed by atoms with E-state index in [4.69, 9.17) is 34.4 Å². The van der Waals surface area contributed by atoms with Crippen molar-refractivity contribution in [3.8, 4) is 23.8 Å². The molecule has 3 aromatic rings. The van der Waals surface area contributed by atoms with Crippen LogP contribution in [-0.4, -0.2) is 63.5 Å². The molecule has 0 amide bonds. The minimum Gasteiger partial charge on any atom is -0.497 e. The second-order valence-electron chi connectivity index (χ2n) is 11.0. The molecule has 0 aliphatic carbocycles. The highest BCUT2D eigenvalue weighted by Crippen LogP contribution is 2.46. The molecule has 242 valence electrons. The summed E-state index contributed by atoms with van der Waals surface area (Å²) in [5.74, 6) is 4.10. The molecule has 0 aliphatic rings. The number of hydrogen-bond acceptors (Lipinski definition) is 7. The molecular formula is C37H48NO6P. The van der Waals surface area contributed by atoms with Crippen LogP contribution in [0.5, 0.6) is 11.5 Å². The van der Waals surface area contributed by atoms with E-state index in [0.717, 1.165) is 34.6 Å². The number of terminal acetylenes is 1. The van der Waals surface area contributed by atoms with Gasteiger partial charge in [0.05, 0.1) is 34.0 Å². The molecule has 0 N–H and O–H groups in total. The van der Waals surface area contributed by atoms with Crippen molar-refractivity contribution in [3.63, 3.8) is 0 Å². The minimum atomic E-state index is -1.37. The Morgan fingerprint density at radius 3 is 1.80 bits per heavy atom. The van der Waals surface area contributed by atoms with Gasteiger partial charge in [-0.25, -0.2) is 4.67 Å². The van der Waals surface area contributed by atoms with Gasteiger partial charge in [-0.3, -0.25) is 0 Å². The number of benzene rings is 3. The molecule has 2 atom stereocenters. The third-order valence-corrected chi connectivity index (χ3v) is 9.28. The zero-order valence-corrected chi connectivity index (χ0v) is 28.4. The van der Waals surface area contributed by atoms with Crippen molar-refractivity contribution in [3.05, 3.63) is 108 Å². The van der Waals surface area contributed by atoms with Gasteiger partial charge in [0.1, 0.15) is 29.8 Å². The lowest BCUT2D eigenvalue weighted by Crippen LogP contribution is -2.38. The maximum Gasteiger partial charge on any atom is 0.259 e. The van der Waals surface area contributed by atoms with Crippen LogP contribution in [0, 0.1) is 12.3 Å². The second-order valence-corrected chi connectivity index (χ2v) is 12.4. The SMILES string of the molecule is C#CCOC(COP(OCCC=C)N(C(C)C)C(C)C)COC(c1ccccc1)(c1ccc(OC)cc1)c1ccc(OC)cc1. The molecule has 8 heteroatoms. The summed E-state index contributed by atoms with van der Waals surface area (Å²) in [4.78, 5) is 0. The highest BCUT2D eigenvalue weighted by molar-refractivity contribution is 7.44. The lowest BCUT2D eigenvalue weighted by molar-refractivity contribution is -0.0718. The highest BCUT2D eigenvalue weighted by atomic mass is 31.2. The maximum absolute atomic E-state index is 7.06. The van der Waals surface area contributed by atoms with Crippen LogP contribution in [0.2, 0.25) is 0 Å². The summed E-state index contributed by atoms with van der Waals surface area (Å²) in [7, 11) is 1.94. The molecule has 0 aromatic heterocycles. The second kappa shape index (κ2) is 18.7. The van der Waals surface area contributed by atoms with E-state index in [0.29, 0.717) is 6.61 Å². The van der Waals surface area contributed by atoms with E-state index in [9.17, 15) is 0 Å². The van der Waals surface area contributed by atoms with Crippen LogP contribution in [0.1, 0.15) is 50.8 Å². The van der Waals surface area contributed by atoms with E-state index in [1.54, 1.807) is 14.2 Å². The summed E-state index contributed by atoms with van der Waals surface area (Å²) < 4.78 is 39.2. The van der Waals surface area contributed by atoms with Crippen LogP contribution >= 0.6 is 8.53 Å². The Morgan fingerprint density at radius 1 is 0.800 bits per heavy atom. The number of ether oxygens (including phenoxy) is 4. The van der Waals surface area contributed by atoms with Crippen molar-refractivity contribution in [1.29, 1.82) is 0 Å². The zero-order valence-electron chi connectivity index (χ0n) is 27.5. The van der Waals surface area contributed by atoms with Crippen LogP contribution < -0.4 is 9.47 Å². The van der Waals surface area contributed by atoms with Gasteiger partial charge in [0, 0.05) is 12.1 Å². The van der Waals surface area contributed by atoms with Crippen LogP contribution in [0.15, 0.2) is 91.5 Å². The summed E-state index contributed by atoms with van der Waals surface area (Å²) in [6.45, 7) is 13.4. The average Bonchev–Trinajstić information content (AvgIpc) is 3.06. The van der Waals surface area contributed by atoms with Gasteiger partial charge in [-0.05, 0) is 75.1 Å². The monoisotopic (exact) mass is 633 g/mol. The van der Waals surface area contributed by atoms with E-state index in [1.165, 1.54) is 0 Å². The van der Waals surface area contributed by atoms with Gasteiger partial charge in [0.15, 0.2) is 0 Å². The third kappa shape index (κ3) is 9.89. The molecule has 0 saturated carbocycles. The molecule has 0 saturated heterocycles. The minimum absolute atomic E-state index is 0.119. The number of rotatable bonds is 20. The molecule has 2 unspecified atom stereocenters. The summed E-state index contributed by atoms with van der Waals surface area (Å²) in [6, 6.07) is 26.5. The molecule has 7 nitrogen and oxygen atoms in total. The maximum atomic E-state index is 7.06. The predicted octanol–water partition coefficient (Wildman–Crippen LogP) is 7.99. The van der Waals surface area contributed by atoms with E-state index >= 15 is 0 Å². The van der Waals surface area contributed by atoms with Crippen LogP contribution in [0.25, 0.3) is 0 Å². The first-order valence-electron chi connectivity index (χ1n) is 15.3. The van der Waals surface area contributed by atoms with Crippen molar-refractivity contribution < 1.29 is 28.0 Å². The number of nitrogens with zero attached hydrogens (tertiary/aromatic N) is 1. The molecule has 0 radical (unpaired) electrons. The van der Waals surface area contributed by atoms with Crippen molar-refractivity contribution in [2.75, 3.05) is 40.6 Å².